The summed E-state index contributed by atoms with van der Waals surface area (Å²) >= 11 is 0.749. The van der Waals surface area contributed by atoms with Gasteiger partial charge in [-0.3, -0.25) is 0 Å². The van der Waals surface area contributed by atoms with Crippen LogP contribution in [0.25, 0.3) is 0 Å². The molecule has 0 unspecified atom stereocenters. The van der Waals surface area contributed by atoms with Crippen molar-refractivity contribution in [1.29, 1.82) is 0 Å². The van der Waals surface area contributed by atoms with Crippen molar-refractivity contribution in [2.75, 3.05) is 0 Å². The van der Waals surface area contributed by atoms with Crippen LogP contribution in [0.4, 0.5) is 0 Å². The third-order valence-corrected chi connectivity index (χ3v) is 3.92. The summed E-state index contributed by atoms with van der Waals surface area (Å²) in [7, 11) is 0. The molecule has 0 amide bonds. The van der Waals surface area contributed by atoms with Crippen molar-refractivity contribution in [3.8, 4) is 0 Å². The van der Waals surface area contributed by atoms with E-state index in [-0.39, 0.29) is 9.37 Å². The fourth-order valence-corrected chi connectivity index (χ4v) is 2.72. The van der Waals surface area contributed by atoms with E-state index in [9.17, 15) is 3.74 Å². The Morgan fingerprint density at radius 3 is 2.18 bits per heavy atom. The van der Waals surface area contributed by atoms with E-state index in [4.69, 9.17) is 19.8 Å². The zero-order valence-corrected chi connectivity index (χ0v) is 8.07. The van der Waals surface area contributed by atoms with Crippen LogP contribution in [-0.4, -0.2) is 22.4 Å². The standard InChI is InChI=1S/C6H6AsClO3/c8-6-4-2-1-3-5(6)7(9,10)11/h1-4H,(H2,9,10,11). The Morgan fingerprint density at radius 2 is 1.82 bits per heavy atom. The van der Waals surface area contributed by atoms with Crippen LogP contribution in [0.2, 0.25) is 5.02 Å². The summed E-state index contributed by atoms with van der Waals surface area (Å²) in [6, 6.07) is 5.96. The van der Waals surface area contributed by atoms with E-state index in [1.165, 1.54) is 12.1 Å². The first kappa shape index (κ1) is 8.88. The average Bonchev–Trinajstić information content (AvgIpc) is 1.86. The monoisotopic (exact) mass is 236 g/mol. The van der Waals surface area contributed by atoms with E-state index in [1.807, 2.05) is 0 Å². The molecule has 0 spiro atoms. The van der Waals surface area contributed by atoms with Crippen LogP contribution in [0.5, 0.6) is 0 Å². The first-order valence-electron chi connectivity index (χ1n) is 2.82. The fourth-order valence-electron chi connectivity index (χ4n) is 0.688. The van der Waals surface area contributed by atoms with Gasteiger partial charge in [-0.2, -0.15) is 0 Å². The van der Waals surface area contributed by atoms with Gasteiger partial charge in [0.2, 0.25) is 0 Å². The van der Waals surface area contributed by atoms with Crippen molar-refractivity contribution in [1.82, 2.24) is 0 Å². The number of rotatable bonds is 1. The summed E-state index contributed by atoms with van der Waals surface area (Å²) < 4.78 is 28.2. The Balaban J connectivity index is 3.25. The minimum absolute atomic E-state index is 0.0627. The SMILES string of the molecule is O=[As](O)(O)c1ccccc1Cl. The van der Waals surface area contributed by atoms with E-state index in [1.54, 1.807) is 12.1 Å². The van der Waals surface area contributed by atoms with Crippen LogP contribution >= 0.6 is 11.6 Å². The predicted octanol–water partition coefficient (Wildman–Crippen LogP) is -0.0990. The summed E-state index contributed by atoms with van der Waals surface area (Å²) in [5.41, 5.74) is 0. The quantitative estimate of drug-likeness (QED) is 0.670. The molecule has 0 aliphatic rings. The third kappa shape index (κ3) is 2.11. The van der Waals surface area contributed by atoms with Gasteiger partial charge in [-0.25, -0.2) is 0 Å². The molecule has 2 N–H and O–H groups in total. The molecule has 3 nitrogen and oxygen atoms in total. The van der Waals surface area contributed by atoms with Gasteiger partial charge >= 0.3 is 71.3 Å². The molecule has 11 heavy (non-hydrogen) atoms. The number of hydrogen-bond acceptors (Lipinski definition) is 1. The van der Waals surface area contributed by atoms with Gasteiger partial charge in [0, 0.05) is 0 Å². The van der Waals surface area contributed by atoms with Crippen LogP contribution in [0.15, 0.2) is 24.3 Å². The molecular formula is C6H6AsClO3. The van der Waals surface area contributed by atoms with Gasteiger partial charge in [0.25, 0.3) is 0 Å². The maximum absolute atomic E-state index is 10.7. The van der Waals surface area contributed by atoms with Crippen molar-refractivity contribution >= 4 is 30.1 Å². The molecule has 5 heteroatoms. The van der Waals surface area contributed by atoms with E-state index in [0.29, 0.717) is 0 Å². The molecule has 0 heterocycles. The molecule has 0 fully saturated rings. The van der Waals surface area contributed by atoms with Crippen LogP contribution in [0.3, 0.4) is 0 Å². The van der Waals surface area contributed by atoms with E-state index >= 15 is 0 Å². The summed E-state index contributed by atoms with van der Waals surface area (Å²) in [5.74, 6) is 0. The van der Waals surface area contributed by atoms with Gasteiger partial charge < -0.3 is 0 Å². The van der Waals surface area contributed by atoms with Crippen LogP contribution in [0.1, 0.15) is 0 Å². The van der Waals surface area contributed by atoms with Crippen molar-refractivity contribution in [2.24, 2.45) is 0 Å². The summed E-state index contributed by atoms with van der Waals surface area (Å²) in [6.45, 7) is 0. The van der Waals surface area contributed by atoms with E-state index < -0.39 is 14.2 Å². The van der Waals surface area contributed by atoms with E-state index in [2.05, 4.69) is 0 Å². The topological polar surface area (TPSA) is 57.5 Å². The molecule has 0 radical (unpaired) electrons. The molecule has 0 aromatic heterocycles. The Morgan fingerprint density at radius 1 is 1.27 bits per heavy atom. The minimum atomic E-state index is -4.78. The van der Waals surface area contributed by atoms with Gasteiger partial charge in [0.1, 0.15) is 0 Å². The fraction of sp³-hybridized carbons (Fsp3) is 0. The molecule has 0 aliphatic carbocycles. The zero-order valence-electron chi connectivity index (χ0n) is 5.44. The molecule has 0 saturated carbocycles. The first-order chi connectivity index (χ1) is 5.02. The molecular weight excluding hydrogens is 230 g/mol. The van der Waals surface area contributed by atoms with Crippen LogP contribution in [0, 0.1) is 0 Å². The Hall–Kier alpha value is -0.212. The second kappa shape index (κ2) is 3.03. The maximum atomic E-state index is 10.7. The molecule has 1 aromatic rings. The van der Waals surface area contributed by atoms with Crippen molar-refractivity contribution in [3.05, 3.63) is 29.3 Å². The normalized spacial score (nSPS) is 11.5. The first-order valence-corrected chi connectivity index (χ1v) is 6.58. The Kier molecular flexibility index (Phi) is 2.45. The van der Waals surface area contributed by atoms with Crippen molar-refractivity contribution in [3.63, 3.8) is 0 Å². The summed E-state index contributed by atoms with van der Waals surface area (Å²) in [4.78, 5) is 0. The van der Waals surface area contributed by atoms with Crippen molar-refractivity contribution < 1.29 is 11.9 Å². The summed E-state index contributed by atoms with van der Waals surface area (Å²) in [6.07, 6.45) is 0. The molecule has 0 aliphatic heterocycles. The molecule has 1 rings (SSSR count). The van der Waals surface area contributed by atoms with Gasteiger partial charge in [-0.1, -0.05) is 0 Å². The molecule has 1 aromatic carbocycles. The third-order valence-electron chi connectivity index (χ3n) is 1.17. The molecule has 0 bridgehead atoms. The number of halogens is 1. The zero-order chi connectivity index (χ0) is 8.48. The Bertz CT molecular complexity index is 306. The molecule has 0 atom stereocenters. The second-order valence-electron chi connectivity index (χ2n) is 2.00. The van der Waals surface area contributed by atoms with Gasteiger partial charge in [-0.05, 0) is 0 Å². The summed E-state index contributed by atoms with van der Waals surface area (Å²) in [5, 5.41) is 0.125. The number of hydrogen-bond donors (Lipinski definition) is 2. The van der Waals surface area contributed by atoms with Gasteiger partial charge in [0.05, 0.1) is 0 Å². The van der Waals surface area contributed by atoms with Crippen LogP contribution < -0.4 is 4.35 Å². The molecule has 60 valence electrons. The van der Waals surface area contributed by atoms with Gasteiger partial charge in [0.15, 0.2) is 0 Å². The van der Waals surface area contributed by atoms with Crippen molar-refractivity contribution in [2.45, 2.75) is 0 Å². The Labute approximate surface area is 71.6 Å². The second-order valence-corrected chi connectivity index (χ2v) is 5.70. The van der Waals surface area contributed by atoms with Crippen LogP contribution in [-0.2, 0) is 3.74 Å². The van der Waals surface area contributed by atoms with E-state index in [0.717, 1.165) is 0 Å². The number of benzene rings is 1. The average molecular weight is 236 g/mol. The van der Waals surface area contributed by atoms with Gasteiger partial charge in [-0.15, -0.1) is 0 Å². The molecule has 0 saturated heterocycles. The predicted molar refractivity (Wildman–Crippen MR) is 42.0 cm³/mol.